The fourth-order valence-corrected chi connectivity index (χ4v) is 5.35. The first-order valence-corrected chi connectivity index (χ1v) is 10.5. The van der Waals surface area contributed by atoms with E-state index in [2.05, 4.69) is 63.2 Å². The summed E-state index contributed by atoms with van der Waals surface area (Å²) >= 11 is 3.68. The molecule has 0 aliphatic heterocycles. The van der Waals surface area contributed by atoms with E-state index in [9.17, 15) is 0 Å². The summed E-state index contributed by atoms with van der Waals surface area (Å²) in [6, 6.07) is 14.9. The topological polar surface area (TPSA) is 25.8 Å². The van der Waals surface area contributed by atoms with Gasteiger partial charge in [0.15, 0.2) is 0 Å². The molecule has 4 heteroatoms. The Kier molecular flexibility index (Phi) is 4.57. The third-order valence-electron chi connectivity index (χ3n) is 4.82. The van der Waals surface area contributed by atoms with E-state index < -0.39 is 0 Å². The fraction of sp³-hybridized carbons (Fsp3) is 0.333. The van der Waals surface area contributed by atoms with Crippen LogP contribution in [-0.4, -0.2) is 9.97 Å². The summed E-state index contributed by atoms with van der Waals surface area (Å²) in [5, 5.41) is 2.52. The highest BCUT2D eigenvalue weighted by molar-refractivity contribution is 7.19. The SMILES string of the molecule is Cc1cccc2sc(C(C)CCC(C)c3nc4ccccc4s3)nc12. The summed E-state index contributed by atoms with van der Waals surface area (Å²) in [5.74, 6) is 0.990. The predicted molar refractivity (Wildman–Crippen MR) is 110 cm³/mol. The van der Waals surface area contributed by atoms with Crippen molar-refractivity contribution in [1.82, 2.24) is 9.97 Å². The number of aromatic nitrogens is 2. The fourth-order valence-electron chi connectivity index (χ4n) is 3.16. The van der Waals surface area contributed by atoms with Crippen LogP contribution in [0, 0.1) is 6.92 Å². The van der Waals surface area contributed by atoms with Gasteiger partial charge in [0.1, 0.15) is 0 Å². The molecule has 2 aromatic carbocycles. The Balaban J connectivity index is 1.46. The lowest BCUT2D eigenvalue weighted by Gasteiger charge is -2.11. The van der Waals surface area contributed by atoms with Crippen LogP contribution in [0.2, 0.25) is 0 Å². The molecule has 0 aliphatic carbocycles. The van der Waals surface area contributed by atoms with Gasteiger partial charge in [-0.05, 0) is 43.5 Å². The molecular formula is C21H22N2S2. The maximum atomic E-state index is 4.90. The molecule has 0 spiro atoms. The molecule has 0 fully saturated rings. The van der Waals surface area contributed by atoms with Gasteiger partial charge in [0.2, 0.25) is 0 Å². The Hall–Kier alpha value is -1.78. The van der Waals surface area contributed by atoms with Gasteiger partial charge in [-0.1, -0.05) is 38.1 Å². The average Bonchev–Trinajstić information content (AvgIpc) is 3.24. The van der Waals surface area contributed by atoms with Crippen LogP contribution in [0.15, 0.2) is 42.5 Å². The Morgan fingerprint density at radius 2 is 1.44 bits per heavy atom. The molecule has 2 unspecified atom stereocenters. The maximum absolute atomic E-state index is 4.90. The number of nitrogens with zero attached hydrogens (tertiary/aromatic N) is 2. The molecular weight excluding hydrogens is 344 g/mol. The summed E-state index contributed by atoms with van der Waals surface area (Å²) < 4.78 is 2.60. The van der Waals surface area contributed by atoms with E-state index in [-0.39, 0.29) is 0 Å². The van der Waals surface area contributed by atoms with E-state index in [1.165, 1.54) is 30.5 Å². The van der Waals surface area contributed by atoms with Crippen LogP contribution in [0.25, 0.3) is 20.4 Å². The van der Waals surface area contributed by atoms with Gasteiger partial charge < -0.3 is 0 Å². The molecule has 0 aliphatic rings. The van der Waals surface area contributed by atoms with E-state index in [1.807, 2.05) is 22.7 Å². The van der Waals surface area contributed by atoms with Crippen molar-refractivity contribution < 1.29 is 0 Å². The molecule has 2 atom stereocenters. The van der Waals surface area contributed by atoms with E-state index in [1.54, 1.807) is 0 Å². The van der Waals surface area contributed by atoms with Gasteiger partial charge in [-0.3, -0.25) is 0 Å². The number of hydrogen-bond acceptors (Lipinski definition) is 4. The molecule has 2 nitrogen and oxygen atoms in total. The molecule has 0 radical (unpaired) electrons. The van der Waals surface area contributed by atoms with Gasteiger partial charge in [-0.25, -0.2) is 9.97 Å². The standard InChI is InChI=1S/C21H22N2S2/c1-13-7-6-10-18-19(13)23-21(25-18)15(3)12-11-14(2)20-22-16-8-4-5-9-17(16)24-20/h4-10,14-15H,11-12H2,1-3H3. The molecule has 25 heavy (non-hydrogen) atoms. The molecule has 0 saturated carbocycles. The second-order valence-corrected chi connectivity index (χ2v) is 9.00. The molecule has 0 N–H and O–H groups in total. The van der Waals surface area contributed by atoms with Crippen LogP contribution in [0.5, 0.6) is 0 Å². The minimum absolute atomic E-state index is 0.494. The molecule has 2 heterocycles. The van der Waals surface area contributed by atoms with Crippen molar-refractivity contribution in [2.75, 3.05) is 0 Å². The van der Waals surface area contributed by atoms with Crippen molar-refractivity contribution in [2.24, 2.45) is 0 Å². The number of rotatable bonds is 5. The number of benzene rings is 2. The van der Waals surface area contributed by atoms with Gasteiger partial charge in [0, 0.05) is 11.8 Å². The van der Waals surface area contributed by atoms with Crippen molar-refractivity contribution in [1.29, 1.82) is 0 Å². The van der Waals surface area contributed by atoms with Crippen molar-refractivity contribution in [3.05, 3.63) is 58.0 Å². The maximum Gasteiger partial charge on any atom is 0.0966 e. The molecule has 128 valence electrons. The highest BCUT2D eigenvalue weighted by atomic mass is 32.1. The zero-order chi connectivity index (χ0) is 17.4. The second kappa shape index (κ2) is 6.85. The van der Waals surface area contributed by atoms with E-state index in [0.717, 1.165) is 18.4 Å². The minimum Gasteiger partial charge on any atom is -0.241 e. The summed E-state index contributed by atoms with van der Waals surface area (Å²) in [6.07, 6.45) is 2.30. The third kappa shape index (κ3) is 3.33. The smallest absolute Gasteiger partial charge is 0.0966 e. The van der Waals surface area contributed by atoms with Crippen LogP contribution < -0.4 is 0 Å². The molecule has 4 aromatic rings. The Labute approximate surface area is 156 Å². The molecule has 0 bridgehead atoms. The zero-order valence-corrected chi connectivity index (χ0v) is 16.5. The van der Waals surface area contributed by atoms with Crippen LogP contribution in [0.4, 0.5) is 0 Å². The summed E-state index contributed by atoms with van der Waals surface area (Å²) in [6.45, 7) is 6.75. The van der Waals surface area contributed by atoms with Gasteiger partial charge in [-0.2, -0.15) is 0 Å². The minimum atomic E-state index is 0.494. The summed E-state index contributed by atoms with van der Waals surface area (Å²) in [5.41, 5.74) is 3.58. The lowest BCUT2D eigenvalue weighted by molar-refractivity contribution is 0.571. The molecule has 4 rings (SSSR count). The van der Waals surface area contributed by atoms with Gasteiger partial charge in [0.05, 0.1) is 30.4 Å². The zero-order valence-electron chi connectivity index (χ0n) is 14.8. The van der Waals surface area contributed by atoms with Crippen molar-refractivity contribution in [3.63, 3.8) is 0 Å². The third-order valence-corrected chi connectivity index (χ3v) is 7.34. The first-order valence-electron chi connectivity index (χ1n) is 8.83. The highest BCUT2D eigenvalue weighted by Crippen LogP contribution is 2.35. The normalized spacial score (nSPS) is 14.2. The lowest BCUT2D eigenvalue weighted by Crippen LogP contribution is -1.98. The van der Waals surface area contributed by atoms with E-state index in [4.69, 9.17) is 9.97 Å². The Bertz CT molecular complexity index is 982. The van der Waals surface area contributed by atoms with Crippen molar-refractivity contribution in [2.45, 2.75) is 45.4 Å². The molecule has 0 saturated heterocycles. The summed E-state index contributed by atoms with van der Waals surface area (Å²) in [7, 11) is 0. The highest BCUT2D eigenvalue weighted by Gasteiger charge is 2.16. The van der Waals surface area contributed by atoms with Crippen molar-refractivity contribution >= 4 is 43.1 Å². The number of para-hydroxylation sites is 2. The largest absolute Gasteiger partial charge is 0.241 e. The van der Waals surface area contributed by atoms with Gasteiger partial charge in [-0.15, -0.1) is 22.7 Å². The monoisotopic (exact) mass is 366 g/mol. The number of hydrogen-bond donors (Lipinski definition) is 0. The molecule has 2 aromatic heterocycles. The van der Waals surface area contributed by atoms with Gasteiger partial charge in [0.25, 0.3) is 0 Å². The van der Waals surface area contributed by atoms with Crippen LogP contribution >= 0.6 is 22.7 Å². The van der Waals surface area contributed by atoms with Crippen LogP contribution in [-0.2, 0) is 0 Å². The van der Waals surface area contributed by atoms with Crippen molar-refractivity contribution in [3.8, 4) is 0 Å². The van der Waals surface area contributed by atoms with Crippen LogP contribution in [0.1, 0.15) is 54.1 Å². The predicted octanol–water partition coefficient (Wildman–Crippen LogP) is 6.90. The number of fused-ring (bicyclic) bond motifs is 2. The first kappa shape index (κ1) is 16.7. The second-order valence-electron chi connectivity index (χ2n) is 6.87. The number of thiazole rings is 2. The average molecular weight is 367 g/mol. The van der Waals surface area contributed by atoms with Gasteiger partial charge >= 0.3 is 0 Å². The number of aryl methyl sites for hydroxylation is 1. The Morgan fingerprint density at radius 3 is 2.16 bits per heavy atom. The lowest BCUT2D eigenvalue weighted by atomic mass is 9.99. The van der Waals surface area contributed by atoms with E-state index >= 15 is 0 Å². The van der Waals surface area contributed by atoms with E-state index in [0.29, 0.717) is 11.8 Å². The Morgan fingerprint density at radius 1 is 0.800 bits per heavy atom. The quantitative estimate of drug-likeness (QED) is 0.384. The molecule has 0 amide bonds. The van der Waals surface area contributed by atoms with Crippen LogP contribution in [0.3, 0.4) is 0 Å². The first-order chi connectivity index (χ1) is 12.1. The summed E-state index contributed by atoms with van der Waals surface area (Å²) in [4.78, 5) is 9.72.